The Morgan fingerprint density at radius 2 is 1.90 bits per heavy atom. The summed E-state index contributed by atoms with van der Waals surface area (Å²) in [6.07, 6.45) is 0.673. The Balaban J connectivity index is 1.83. The molecule has 1 aliphatic rings. The van der Waals surface area contributed by atoms with Gasteiger partial charge in [0.1, 0.15) is 17.6 Å². The first-order valence-electron chi connectivity index (χ1n) is 9.51. The highest BCUT2D eigenvalue weighted by Crippen LogP contribution is 2.34. The van der Waals surface area contributed by atoms with Gasteiger partial charge in [0.05, 0.1) is 22.5 Å². The molecule has 1 aliphatic heterocycles. The number of rotatable bonds is 5. The Labute approximate surface area is 179 Å². The van der Waals surface area contributed by atoms with Crippen molar-refractivity contribution < 1.29 is 13.2 Å². The molecule has 0 amide bonds. The van der Waals surface area contributed by atoms with Gasteiger partial charge in [-0.2, -0.15) is 24.9 Å². The van der Waals surface area contributed by atoms with E-state index < -0.39 is 11.9 Å². The summed E-state index contributed by atoms with van der Waals surface area (Å²) < 4.78 is 41.0. The van der Waals surface area contributed by atoms with E-state index in [1.54, 1.807) is 35.1 Å². The van der Waals surface area contributed by atoms with E-state index in [0.29, 0.717) is 16.8 Å². The van der Waals surface area contributed by atoms with Crippen LogP contribution in [0, 0.1) is 0 Å². The number of hydrogen-bond donors (Lipinski definition) is 0. The van der Waals surface area contributed by atoms with Gasteiger partial charge in [0.15, 0.2) is 5.49 Å². The minimum atomic E-state index is -4.51. The third-order valence-electron chi connectivity index (χ3n) is 4.81. The van der Waals surface area contributed by atoms with E-state index in [1.165, 1.54) is 6.20 Å². The van der Waals surface area contributed by atoms with Crippen LogP contribution < -0.4 is 10.7 Å². The van der Waals surface area contributed by atoms with Gasteiger partial charge in [-0.3, -0.25) is 4.99 Å². The van der Waals surface area contributed by atoms with Crippen molar-refractivity contribution in [2.24, 2.45) is 12.0 Å². The zero-order valence-electron chi connectivity index (χ0n) is 16.6. The Morgan fingerprint density at radius 1 is 1.10 bits per heavy atom. The largest absolute Gasteiger partial charge is 0.433 e. The molecule has 0 fully saturated rings. The second-order valence-corrected chi connectivity index (χ2v) is 9.55. The minimum Gasteiger partial charge on any atom is -0.328 e. The van der Waals surface area contributed by atoms with Gasteiger partial charge in [0, 0.05) is 23.4 Å². The first-order chi connectivity index (χ1) is 14.3. The van der Waals surface area contributed by atoms with E-state index in [9.17, 15) is 13.2 Å². The normalized spacial score (nSPS) is 18.7. The lowest BCUT2D eigenvalue weighted by atomic mass is 10.1. The molecular formula is C20H20F3N5S2. The van der Waals surface area contributed by atoms with E-state index in [1.807, 2.05) is 6.20 Å². The number of fused-ring (bicyclic) bond motifs is 2. The predicted molar refractivity (Wildman–Crippen MR) is 114 cm³/mol. The van der Waals surface area contributed by atoms with Crippen molar-refractivity contribution in [3.8, 4) is 0 Å². The highest BCUT2D eigenvalue weighted by Gasteiger charge is 2.34. The number of imidazole rings is 1. The predicted octanol–water partition coefficient (Wildman–Crippen LogP) is 3.77. The Hall–Kier alpha value is -2.07. The molecule has 2 unspecified atom stereocenters. The summed E-state index contributed by atoms with van der Waals surface area (Å²) in [5, 5.41) is 0.993. The van der Waals surface area contributed by atoms with Crippen LogP contribution in [0.4, 0.5) is 13.2 Å². The number of halogens is 3. The van der Waals surface area contributed by atoms with Gasteiger partial charge >= 0.3 is 6.18 Å². The lowest BCUT2D eigenvalue weighted by molar-refractivity contribution is -0.141. The quantitative estimate of drug-likeness (QED) is 0.553. The number of hydrogen-bond acceptors (Lipinski definition) is 6. The van der Waals surface area contributed by atoms with Crippen LogP contribution in [0.3, 0.4) is 0 Å². The molecule has 158 valence electrons. The third-order valence-corrected chi connectivity index (χ3v) is 6.77. The van der Waals surface area contributed by atoms with Gasteiger partial charge in [-0.05, 0) is 23.6 Å². The molecule has 5 nitrogen and oxygen atoms in total. The molecule has 0 aromatic carbocycles. The fourth-order valence-corrected chi connectivity index (χ4v) is 5.13. The number of thioether (sulfide) groups is 2. The maximum atomic E-state index is 13.1. The zero-order chi connectivity index (χ0) is 21.5. The summed E-state index contributed by atoms with van der Waals surface area (Å²) in [7, 11) is 1.78. The van der Waals surface area contributed by atoms with Crippen molar-refractivity contribution in [1.29, 1.82) is 0 Å². The molecule has 0 aliphatic carbocycles. The second-order valence-electron chi connectivity index (χ2n) is 6.76. The van der Waals surface area contributed by atoms with Crippen LogP contribution in [0.25, 0.3) is 17.1 Å². The molecule has 2 atom stereocenters. The van der Waals surface area contributed by atoms with Crippen molar-refractivity contribution in [3.63, 3.8) is 0 Å². The number of nitrogens with zero attached hydrogens (tertiary/aromatic N) is 5. The second kappa shape index (κ2) is 8.22. The first-order valence-corrected chi connectivity index (χ1v) is 11.5. The fraction of sp³-hybridized carbons (Fsp3) is 0.400. The van der Waals surface area contributed by atoms with Crippen LogP contribution in [-0.2, 0) is 13.2 Å². The summed E-state index contributed by atoms with van der Waals surface area (Å²) >= 11 is 3.45. The summed E-state index contributed by atoms with van der Waals surface area (Å²) in [6.45, 7) is 4.16. The van der Waals surface area contributed by atoms with E-state index in [4.69, 9.17) is 4.99 Å². The van der Waals surface area contributed by atoms with Crippen LogP contribution >= 0.6 is 23.5 Å². The third kappa shape index (κ3) is 3.94. The Bertz CT molecular complexity index is 1210. The molecule has 3 aromatic heterocycles. The molecule has 10 heteroatoms. The van der Waals surface area contributed by atoms with Crippen molar-refractivity contribution >= 4 is 40.6 Å². The average molecular weight is 452 g/mol. The minimum absolute atomic E-state index is 0.0109. The van der Waals surface area contributed by atoms with Crippen LogP contribution in [-0.4, -0.2) is 36.3 Å². The maximum Gasteiger partial charge on any atom is 0.433 e. The fourth-order valence-electron chi connectivity index (χ4n) is 3.47. The molecule has 0 radical (unpaired) electrons. The van der Waals surface area contributed by atoms with Gasteiger partial charge in [0.25, 0.3) is 0 Å². The Kier molecular flexibility index (Phi) is 5.80. The van der Waals surface area contributed by atoms with Crippen molar-refractivity contribution in [3.05, 3.63) is 46.8 Å². The highest BCUT2D eigenvalue weighted by atomic mass is 32.2. The topological polar surface area (TPSA) is 56.0 Å². The molecule has 3 aromatic rings. The van der Waals surface area contributed by atoms with Crippen molar-refractivity contribution in [2.45, 2.75) is 36.2 Å². The summed E-state index contributed by atoms with van der Waals surface area (Å²) in [5.41, 5.74) is 0.495. The average Bonchev–Trinajstić information content (AvgIpc) is 3.03. The highest BCUT2D eigenvalue weighted by molar-refractivity contribution is 8.00. The van der Waals surface area contributed by atoms with E-state index in [-0.39, 0.29) is 16.8 Å². The summed E-state index contributed by atoms with van der Waals surface area (Å²) in [5.74, 6) is 2.44. The monoisotopic (exact) mass is 451 g/mol. The molecule has 30 heavy (non-hydrogen) atoms. The molecule has 0 saturated heterocycles. The smallest absolute Gasteiger partial charge is 0.328 e. The standard InChI is InChI=1S/C20H20F3N5S2/c1-4-29-12-6-11-7-15(30-5-2)17(27-18(11)25-9-12)19-26-13-8-16(20(21,22)23)24-10-14(13)28(19)3/h6-10,15,17H,4-5H2,1-3H3. The van der Waals surface area contributed by atoms with Crippen molar-refractivity contribution in [2.75, 3.05) is 11.5 Å². The molecule has 0 bridgehead atoms. The molecular weight excluding hydrogens is 431 g/mol. The number of pyridine rings is 2. The maximum absolute atomic E-state index is 13.1. The van der Waals surface area contributed by atoms with Gasteiger partial charge in [0.2, 0.25) is 0 Å². The van der Waals surface area contributed by atoms with Crippen LogP contribution in [0.2, 0.25) is 0 Å². The molecule has 4 rings (SSSR count). The summed E-state index contributed by atoms with van der Waals surface area (Å²) in [6, 6.07) is 2.74. The van der Waals surface area contributed by atoms with Gasteiger partial charge in [-0.15, -0.1) is 11.8 Å². The van der Waals surface area contributed by atoms with E-state index in [0.717, 1.165) is 27.7 Å². The zero-order valence-corrected chi connectivity index (χ0v) is 18.3. The number of aromatic nitrogens is 4. The Morgan fingerprint density at radius 3 is 2.60 bits per heavy atom. The lowest BCUT2D eigenvalue weighted by Gasteiger charge is -2.22. The van der Waals surface area contributed by atoms with Crippen LogP contribution in [0.5, 0.6) is 0 Å². The summed E-state index contributed by atoms with van der Waals surface area (Å²) in [4.78, 5) is 18.5. The molecule has 0 N–H and O–H groups in total. The number of alkyl halides is 3. The SMILES string of the molecule is CCSc1cnc2c(c1)=CC(SCC)C(c1nc3cc(C(F)(F)F)ncc3n1C)N=2. The van der Waals surface area contributed by atoms with Gasteiger partial charge < -0.3 is 4.57 Å². The van der Waals surface area contributed by atoms with Crippen molar-refractivity contribution in [1.82, 2.24) is 19.5 Å². The van der Waals surface area contributed by atoms with Gasteiger partial charge in [-0.25, -0.2) is 15.0 Å². The van der Waals surface area contributed by atoms with E-state index in [2.05, 4.69) is 40.9 Å². The first kappa shape index (κ1) is 21.2. The molecule has 4 heterocycles. The molecule has 0 spiro atoms. The van der Waals surface area contributed by atoms with E-state index >= 15 is 0 Å². The lowest BCUT2D eigenvalue weighted by Crippen LogP contribution is -2.37. The van der Waals surface area contributed by atoms with Gasteiger partial charge in [-0.1, -0.05) is 19.9 Å². The number of aryl methyl sites for hydroxylation is 1. The van der Waals surface area contributed by atoms with Crippen LogP contribution in [0.15, 0.2) is 34.4 Å². The van der Waals surface area contributed by atoms with Crippen LogP contribution in [0.1, 0.15) is 31.4 Å². The molecule has 0 saturated carbocycles.